The Hall–Kier alpha value is -1.24. The maximum atomic E-state index is 12.5. The number of amides is 1. The minimum atomic E-state index is -0.994. The highest BCUT2D eigenvalue weighted by molar-refractivity contribution is 6.36. The standard InChI is InChI=1S/C15H18Cl2N2O/c1-3-7-15(10-18,8-4-2)14(20)19-13-6-5-11(16)9-12(13)17/h5-6,9H,3-4,7-8H2,1-2H3,(H,19,20). The van der Waals surface area contributed by atoms with E-state index in [1.807, 2.05) is 13.8 Å². The fourth-order valence-corrected chi connectivity index (χ4v) is 2.66. The molecule has 0 spiro atoms. The molecule has 0 aliphatic rings. The van der Waals surface area contributed by atoms with Crippen LogP contribution in [0.3, 0.4) is 0 Å². The maximum absolute atomic E-state index is 12.5. The number of carbonyl (C=O) groups excluding carboxylic acids is 1. The van der Waals surface area contributed by atoms with E-state index in [-0.39, 0.29) is 5.91 Å². The Labute approximate surface area is 129 Å². The number of carbonyl (C=O) groups is 1. The summed E-state index contributed by atoms with van der Waals surface area (Å²) in [5.74, 6) is -0.298. The highest BCUT2D eigenvalue weighted by Crippen LogP contribution is 2.33. The van der Waals surface area contributed by atoms with Crippen LogP contribution in [0.4, 0.5) is 5.69 Å². The second-order valence-electron chi connectivity index (χ2n) is 4.77. The third-order valence-corrected chi connectivity index (χ3v) is 3.73. The van der Waals surface area contributed by atoms with E-state index in [2.05, 4.69) is 11.4 Å². The Morgan fingerprint density at radius 3 is 2.35 bits per heavy atom. The van der Waals surface area contributed by atoms with Crippen molar-refractivity contribution in [2.75, 3.05) is 5.32 Å². The van der Waals surface area contributed by atoms with Crippen molar-refractivity contribution < 1.29 is 4.79 Å². The first kappa shape index (κ1) is 16.8. The molecule has 0 saturated heterocycles. The van der Waals surface area contributed by atoms with Crippen LogP contribution in [0.15, 0.2) is 18.2 Å². The molecule has 0 radical (unpaired) electrons. The van der Waals surface area contributed by atoms with Gasteiger partial charge in [0.25, 0.3) is 0 Å². The SMILES string of the molecule is CCCC(C#N)(CCC)C(=O)Nc1ccc(Cl)cc1Cl. The largest absolute Gasteiger partial charge is 0.323 e. The quantitative estimate of drug-likeness (QED) is 0.799. The van der Waals surface area contributed by atoms with Crippen molar-refractivity contribution >= 4 is 34.8 Å². The Morgan fingerprint density at radius 1 is 1.30 bits per heavy atom. The number of nitrogens with one attached hydrogen (secondary N) is 1. The minimum absolute atomic E-state index is 0.298. The van der Waals surface area contributed by atoms with Crippen LogP contribution in [0, 0.1) is 16.7 Å². The van der Waals surface area contributed by atoms with E-state index < -0.39 is 5.41 Å². The van der Waals surface area contributed by atoms with Crippen LogP contribution in [0.25, 0.3) is 0 Å². The second-order valence-corrected chi connectivity index (χ2v) is 5.62. The Kier molecular flexibility index (Phi) is 6.32. The lowest BCUT2D eigenvalue weighted by atomic mass is 9.79. The van der Waals surface area contributed by atoms with Crippen LogP contribution >= 0.6 is 23.2 Å². The van der Waals surface area contributed by atoms with Crippen molar-refractivity contribution in [2.24, 2.45) is 5.41 Å². The molecule has 0 bridgehead atoms. The second kappa shape index (κ2) is 7.52. The number of hydrogen-bond acceptors (Lipinski definition) is 2. The summed E-state index contributed by atoms with van der Waals surface area (Å²) >= 11 is 11.9. The monoisotopic (exact) mass is 312 g/mol. The number of rotatable bonds is 6. The van der Waals surface area contributed by atoms with Gasteiger partial charge in [-0.25, -0.2) is 0 Å². The van der Waals surface area contributed by atoms with Gasteiger partial charge >= 0.3 is 0 Å². The first-order valence-electron chi connectivity index (χ1n) is 6.67. The van der Waals surface area contributed by atoms with Gasteiger partial charge in [-0.3, -0.25) is 4.79 Å². The lowest BCUT2D eigenvalue weighted by molar-refractivity contribution is -0.123. The normalized spacial score (nSPS) is 10.9. The van der Waals surface area contributed by atoms with Crippen LogP contribution in [-0.2, 0) is 4.79 Å². The summed E-state index contributed by atoms with van der Waals surface area (Å²) in [6.07, 6.45) is 2.62. The number of hydrogen-bond donors (Lipinski definition) is 1. The summed E-state index contributed by atoms with van der Waals surface area (Å²) in [5, 5.41) is 13.1. The molecule has 0 fully saturated rings. The van der Waals surface area contributed by atoms with Crippen molar-refractivity contribution in [3.63, 3.8) is 0 Å². The topological polar surface area (TPSA) is 52.9 Å². The van der Waals surface area contributed by atoms with E-state index in [4.69, 9.17) is 23.2 Å². The molecule has 0 atom stereocenters. The highest BCUT2D eigenvalue weighted by Gasteiger charge is 2.37. The molecule has 0 heterocycles. The van der Waals surface area contributed by atoms with E-state index in [0.717, 1.165) is 12.8 Å². The number of anilines is 1. The molecule has 108 valence electrons. The van der Waals surface area contributed by atoms with E-state index in [1.165, 1.54) is 0 Å². The lowest BCUT2D eigenvalue weighted by Gasteiger charge is -2.24. The van der Waals surface area contributed by atoms with Gasteiger partial charge in [-0.05, 0) is 31.0 Å². The van der Waals surface area contributed by atoms with Crippen LogP contribution in [0.2, 0.25) is 10.0 Å². The van der Waals surface area contributed by atoms with Crippen LogP contribution in [0.1, 0.15) is 39.5 Å². The molecule has 20 heavy (non-hydrogen) atoms. The van der Waals surface area contributed by atoms with Crippen molar-refractivity contribution in [1.82, 2.24) is 0 Å². The molecule has 0 aliphatic heterocycles. The first-order chi connectivity index (χ1) is 9.49. The molecule has 5 heteroatoms. The lowest BCUT2D eigenvalue weighted by Crippen LogP contribution is -2.35. The highest BCUT2D eigenvalue weighted by atomic mass is 35.5. The fraction of sp³-hybridized carbons (Fsp3) is 0.467. The van der Waals surface area contributed by atoms with Gasteiger partial charge in [-0.15, -0.1) is 0 Å². The minimum Gasteiger partial charge on any atom is -0.323 e. The molecule has 0 saturated carbocycles. The van der Waals surface area contributed by atoms with Gasteiger partial charge in [-0.1, -0.05) is 49.9 Å². The van der Waals surface area contributed by atoms with Gasteiger partial charge < -0.3 is 5.32 Å². The summed E-state index contributed by atoms with van der Waals surface area (Å²) in [5.41, 5.74) is -0.514. The molecule has 0 aromatic heterocycles. The third kappa shape index (κ3) is 3.88. The molecule has 1 amide bonds. The Morgan fingerprint density at radius 2 is 1.90 bits per heavy atom. The number of benzene rings is 1. The maximum Gasteiger partial charge on any atom is 0.244 e. The van der Waals surface area contributed by atoms with E-state index in [0.29, 0.717) is 28.6 Å². The van der Waals surface area contributed by atoms with Crippen molar-refractivity contribution in [3.05, 3.63) is 28.2 Å². The average molecular weight is 313 g/mol. The van der Waals surface area contributed by atoms with Gasteiger partial charge in [0.1, 0.15) is 5.41 Å². The first-order valence-corrected chi connectivity index (χ1v) is 7.42. The Balaban J connectivity index is 2.99. The van der Waals surface area contributed by atoms with Gasteiger partial charge in [-0.2, -0.15) is 5.26 Å². The third-order valence-electron chi connectivity index (χ3n) is 3.18. The van der Waals surface area contributed by atoms with Crippen LogP contribution in [0.5, 0.6) is 0 Å². The molecule has 1 aromatic carbocycles. The van der Waals surface area contributed by atoms with Gasteiger partial charge in [0.15, 0.2) is 0 Å². The molecular weight excluding hydrogens is 295 g/mol. The zero-order chi connectivity index (χ0) is 15.2. The summed E-state index contributed by atoms with van der Waals surface area (Å²) in [7, 11) is 0. The van der Waals surface area contributed by atoms with E-state index in [1.54, 1.807) is 18.2 Å². The van der Waals surface area contributed by atoms with Gasteiger partial charge in [0.05, 0.1) is 16.8 Å². The molecule has 1 rings (SSSR count). The van der Waals surface area contributed by atoms with Crippen molar-refractivity contribution in [1.29, 1.82) is 5.26 Å². The number of nitrogens with zero attached hydrogens (tertiary/aromatic N) is 1. The molecule has 1 aromatic rings. The van der Waals surface area contributed by atoms with Gasteiger partial charge in [0, 0.05) is 5.02 Å². The molecule has 0 aliphatic carbocycles. The molecule has 3 nitrogen and oxygen atoms in total. The summed E-state index contributed by atoms with van der Waals surface area (Å²) in [4.78, 5) is 12.5. The fourth-order valence-electron chi connectivity index (χ4n) is 2.20. The van der Waals surface area contributed by atoms with Crippen LogP contribution in [-0.4, -0.2) is 5.91 Å². The number of halogens is 2. The predicted octanol–water partition coefficient (Wildman–Crippen LogP) is 5.04. The smallest absolute Gasteiger partial charge is 0.244 e. The average Bonchev–Trinajstić information content (AvgIpc) is 2.41. The van der Waals surface area contributed by atoms with Gasteiger partial charge in [0.2, 0.25) is 5.91 Å². The van der Waals surface area contributed by atoms with E-state index >= 15 is 0 Å². The predicted molar refractivity (Wildman–Crippen MR) is 83.0 cm³/mol. The van der Waals surface area contributed by atoms with Crippen molar-refractivity contribution in [3.8, 4) is 6.07 Å². The van der Waals surface area contributed by atoms with E-state index in [9.17, 15) is 10.1 Å². The summed E-state index contributed by atoms with van der Waals surface area (Å²) in [6, 6.07) is 7.04. The zero-order valence-corrected chi connectivity index (χ0v) is 13.2. The number of nitriles is 1. The van der Waals surface area contributed by atoms with Crippen LogP contribution < -0.4 is 5.32 Å². The molecule has 0 unspecified atom stereocenters. The van der Waals surface area contributed by atoms with Crippen molar-refractivity contribution in [2.45, 2.75) is 39.5 Å². The summed E-state index contributed by atoms with van der Waals surface area (Å²) in [6.45, 7) is 3.93. The summed E-state index contributed by atoms with van der Waals surface area (Å²) < 4.78 is 0. The zero-order valence-electron chi connectivity index (χ0n) is 11.7. The Bertz CT molecular complexity index is 517. The molecule has 1 N–H and O–H groups in total. The molecular formula is C15H18Cl2N2O.